The van der Waals surface area contributed by atoms with Crippen molar-refractivity contribution in [3.8, 4) is 11.5 Å². The molecular weight excluding hydrogens is 342 g/mol. The van der Waals surface area contributed by atoms with E-state index >= 15 is 0 Å². The van der Waals surface area contributed by atoms with Crippen LogP contribution in [0.25, 0.3) is 0 Å². The van der Waals surface area contributed by atoms with Gasteiger partial charge in [-0.15, -0.1) is 0 Å². The number of aliphatic hydroxyl groups excluding tert-OH is 1. The minimum absolute atomic E-state index is 0.0178. The molecule has 2 saturated heterocycles. The molecule has 1 aromatic rings. The molecule has 0 radical (unpaired) electrons. The molecule has 0 aromatic heterocycles. The van der Waals surface area contributed by atoms with E-state index in [-0.39, 0.29) is 12.0 Å². The summed E-state index contributed by atoms with van der Waals surface area (Å²) >= 11 is 6.43. The Morgan fingerprint density at radius 1 is 1.32 bits per heavy atom. The maximum atomic E-state index is 9.95. The van der Waals surface area contributed by atoms with Gasteiger partial charge in [0.25, 0.3) is 0 Å². The van der Waals surface area contributed by atoms with E-state index < -0.39 is 0 Å². The van der Waals surface area contributed by atoms with Crippen molar-refractivity contribution < 1.29 is 19.3 Å². The lowest BCUT2D eigenvalue weighted by atomic mass is 9.75. The minimum atomic E-state index is -0.0178. The van der Waals surface area contributed by atoms with Gasteiger partial charge in [-0.25, -0.2) is 0 Å². The lowest BCUT2D eigenvalue weighted by Gasteiger charge is -2.36. The minimum Gasteiger partial charge on any atom is -0.490 e. The number of hydrogen-bond acceptors (Lipinski definition) is 5. The van der Waals surface area contributed by atoms with Gasteiger partial charge in [-0.1, -0.05) is 11.6 Å². The molecule has 0 amide bonds. The zero-order chi connectivity index (χ0) is 17.9. The van der Waals surface area contributed by atoms with Crippen LogP contribution < -0.4 is 9.47 Å². The van der Waals surface area contributed by atoms with Crippen molar-refractivity contribution in [1.29, 1.82) is 0 Å². The van der Waals surface area contributed by atoms with Gasteiger partial charge in [0.1, 0.15) is 0 Å². The molecule has 0 bridgehead atoms. The number of ether oxygens (including phenoxy) is 3. The molecule has 0 unspecified atom stereocenters. The Morgan fingerprint density at radius 3 is 2.80 bits per heavy atom. The largest absolute Gasteiger partial charge is 0.490 e. The Morgan fingerprint density at radius 2 is 2.12 bits per heavy atom. The van der Waals surface area contributed by atoms with E-state index in [9.17, 15) is 5.11 Å². The average molecular weight is 370 g/mol. The number of benzene rings is 1. The number of aliphatic hydroxyl groups is 1. The highest BCUT2D eigenvalue weighted by atomic mass is 35.5. The molecule has 0 aliphatic carbocycles. The third-order valence-electron chi connectivity index (χ3n) is 5.33. The van der Waals surface area contributed by atoms with E-state index in [0.717, 1.165) is 44.8 Å². The fourth-order valence-corrected chi connectivity index (χ4v) is 4.34. The van der Waals surface area contributed by atoms with Crippen LogP contribution in [0.3, 0.4) is 0 Å². The summed E-state index contributed by atoms with van der Waals surface area (Å²) in [4.78, 5) is 2.39. The van der Waals surface area contributed by atoms with E-state index in [0.29, 0.717) is 35.7 Å². The van der Waals surface area contributed by atoms with E-state index in [2.05, 4.69) is 4.90 Å². The van der Waals surface area contributed by atoms with Crippen LogP contribution >= 0.6 is 11.6 Å². The summed E-state index contributed by atoms with van der Waals surface area (Å²) in [5.41, 5.74) is 1.08. The second kappa shape index (κ2) is 8.12. The molecule has 2 atom stereocenters. The maximum Gasteiger partial charge on any atom is 0.179 e. The van der Waals surface area contributed by atoms with E-state index in [1.54, 1.807) is 0 Å². The van der Waals surface area contributed by atoms with Crippen LogP contribution in [-0.2, 0) is 11.3 Å². The van der Waals surface area contributed by atoms with Crippen molar-refractivity contribution in [1.82, 2.24) is 4.90 Å². The Bertz CT molecular complexity index is 597. The first kappa shape index (κ1) is 18.8. The van der Waals surface area contributed by atoms with Gasteiger partial charge in [-0.3, -0.25) is 4.90 Å². The summed E-state index contributed by atoms with van der Waals surface area (Å²) in [5, 5.41) is 10.5. The molecule has 1 N–H and O–H groups in total. The molecule has 140 valence electrons. The van der Waals surface area contributed by atoms with Crippen LogP contribution in [0.5, 0.6) is 11.5 Å². The summed E-state index contributed by atoms with van der Waals surface area (Å²) in [6.07, 6.45) is 0.929. The van der Waals surface area contributed by atoms with Crippen LogP contribution in [0.1, 0.15) is 25.8 Å². The third kappa shape index (κ3) is 3.90. The fourth-order valence-electron chi connectivity index (χ4n) is 4.05. The van der Waals surface area contributed by atoms with Gasteiger partial charge >= 0.3 is 0 Å². The molecule has 2 heterocycles. The highest BCUT2D eigenvalue weighted by Gasteiger charge is 2.47. The smallest absolute Gasteiger partial charge is 0.179 e. The molecule has 2 fully saturated rings. The quantitative estimate of drug-likeness (QED) is 0.800. The normalized spacial score (nSPS) is 26.5. The van der Waals surface area contributed by atoms with Gasteiger partial charge < -0.3 is 19.3 Å². The highest BCUT2D eigenvalue weighted by Crippen LogP contribution is 2.43. The summed E-state index contributed by atoms with van der Waals surface area (Å²) in [5.74, 6) is 1.71. The molecule has 1 aromatic carbocycles. The number of halogens is 1. The Labute approximate surface area is 154 Å². The monoisotopic (exact) mass is 369 g/mol. The first-order valence-electron chi connectivity index (χ1n) is 9.11. The van der Waals surface area contributed by atoms with Crippen LogP contribution in [-0.4, -0.2) is 56.1 Å². The summed E-state index contributed by atoms with van der Waals surface area (Å²) in [6, 6.07) is 3.98. The van der Waals surface area contributed by atoms with Crippen molar-refractivity contribution in [2.45, 2.75) is 26.8 Å². The van der Waals surface area contributed by atoms with Crippen molar-refractivity contribution >= 4 is 11.6 Å². The van der Waals surface area contributed by atoms with Gasteiger partial charge in [0.15, 0.2) is 11.5 Å². The van der Waals surface area contributed by atoms with Crippen LogP contribution in [0.4, 0.5) is 0 Å². The standard InChI is InChI=1S/C19H28ClNO4/c1-3-24-17-8-14(7-16(20)18(17)25-4-2)9-21-10-15-11-23-6-5-19(15,12-21)13-22/h7-8,15,22H,3-6,9-13H2,1-2H3/t15-,19-/m1/s1. The van der Waals surface area contributed by atoms with Crippen molar-refractivity contribution in [2.75, 3.05) is 46.1 Å². The fraction of sp³-hybridized carbons (Fsp3) is 0.684. The van der Waals surface area contributed by atoms with Crippen molar-refractivity contribution in [3.63, 3.8) is 0 Å². The van der Waals surface area contributed by atoms with Crippen LogP contribution in [0, 0.1) is 11.3 Å². The van der Waals surface area contributed by atoms with Gasteiger partial charge in [-0.05, 0) is 38.0 Å². The van der Waals surface area contributed by atoms with Crippen LogP contribution in [0.15, 0.2) is 12.1 Å². The third-order valence-corrected chi connectivity index (χ3v) is 5.61. The lowest BCUT2D eigenvalue weighted by Crippen LogP contribution is -2.41. The van der Waals surface area contributed by atoms with Gasteiger partial charge in [0, 0.05) is 37.6 Å². The predicted octanol–water partition coefficient (Wildman–Crippen LogP) is 2.97. The maximum absolute atomic E-state index is 9.95. The molecule has 2 aliphatic heterocycles. The Hall–Kier alpha value is -1.01. The van der Waals surface area contributed by atoms with Crippen molar-refractivity contribution in [2.24, 2.45) is 11.3 Å². The Balaban J connectivity index is 1.77. The van der Waals surface area contributed by atoms with E-state index in [1.807, 2.05) is 26.0 Å². The second-order valence-electron chi connectivity index (χ2n) is 6.98. The predicted molar refractivity (Wildman–Crippen MR) is 97.5 cm³/mol. The van der Waals surface area contributed by atoms with Gasteiger partial charge in [0.05, 0.1) is 31.5 Å². The lowest BCUT2D eigenvalue weighted by molar-refractivity contribution is -0.0417. The van der Waals surface area contributed by atoms with Crippen LogP contribution in [0.2, 0.25) is 5.02 Å². The zero-order valence-corrected chi connectivity index (χ0v) is 15.8. The Kier molecular flexibility index (Phi) is 6.10. The van der Waals surface area contributed by atoms with Gasteiger partial charge in [0.2, 0.25) is 0 Å². The number of likely N-dealkylation sites (tertiary alicyclic amines) is 1. The number of nitrogens with zero attached hydrogens (tertiary/aromatic N) is 1. The SMILES string of the molecule is CCOc1cc(CN2C[C@@H]3COCC[C@]3(CO)C2)cc(Cl)c1OCC. The molecule has 3 rings (SSSR count). The molecule has 25 heavy (non-hydrogen) atoms. The summed E-state index contributed by atoms with van der Waals surface area (Å²) in [6.45, 7) is 9.33. The molecule has 0 saturated carbocycles. The number of hydrogen-bond donors (Lipinski definition) is 1. The second-order valence-corrected chi connectivity index (χ2v) is 7.39. The van der Waals surface area contributed by atoms with E-state index in [1.165, 1.54) is 0 Å². The summed E-state index contributed by atoms with van der Waals surface area (Å²) < 4.78 is 17.0. The van der Waals surface area contributed by atoms with Gasteiger partial charge in [-0.2, -0.15) is 0 Å². The molecule has 0 spiro atoms. The van der Waals surface area contributed by atoms with Crippen molar-refractivity contribution in [3.05, 3.63) is 22.7 Å². The average Bonchev–Trinajstić information content (AvgIpc) is 2.96. The molecule has 6 heteroatoms. The van der Waals surface area contributed by atoms with E-state index in [4.69, 9.17) is 25.8 Å². The number of rotatable bonds is 7. The molecule has 2 aliphatic rings. The first-order valence-corrected chi connectivity index (χ1v) is 9.48. The number of fused-ring (bicyclic) bond motifs is 1. The zero-order valence-electron chi connectivity index (χ0n) is 15.1. The molecule has 5 nitrogen and oxygen atoms in total. The highest BCUT2D eigenvalue weighted by molar-refractivity contribution is 6.32. The molecular formula is C19H28ClNO4. The first-order chi connectivity index (χ1) is 12.1. The topological polar surface area (TPSA) is 51.2 Å². The summed E-state index contributed by atoms with van der Waals surface area (Å²) in [7, 11) is 0.